The number of carbonyl (C=O) groups is 2. The number of halogens is 1. The standard InChI is InChI=1S/C13H10FN3O4/c1-17-8(4-9(18)19)11-7(5-16-21-11)6-2-3-15-12(14)10(6)13(17)20/h2-3,5,8H,4H2,1H3,(H,18,19)/t8-/m0/s1. The molecule has 3 rings (SSSR count). The molecule has 108 valence electrons. The van der Waals surface area contributed by atoms with Gasteiger partial charge in [0.15, 0.2) is 5.76 Å². The summed E-state index contributed by atoms with van der Waals surface area (Å²) in [4.78, 5) is 28.0. The fourth-order valence-corrected chi connectivity index (χ4v) is 2.44. The number of hydrogen-bond acceptors (Lipinski definition) is 5. The van der Waals surface area contributed by atoms with Crippen molar-refractivity contribution in [1.29, 1.82) is 0 Å². The van der Waals surface area contributed by atoms with Crippen LogP contribution in [-0.4, -0.2) is 39.1 Å². The number of carboxylic acids is 1. The molecule has 3 heterocycles. The molecule has 0 aromatic carbocycles. The third-order valence-electron chi connectivity index (χ3n) is 3.47. The molecule has 8 heteroatoms. The van der Waals surface area contributed by atoms with Crippen LogP contribution in [-0.2, 0) is 4.79 Å². The van der Waals surface area contributed by atoms with Crippen molar-refractivity contribution in [1.82, 2.24) is 15.0 Å². The average Bonchev–Trinajstić information content (AvgIpc) is 2.89. The molecule has 0 aliphatic carbocycles. The van der Waals surface area contributed by atoms with Gasteiger partial charge in [-0.05, 0) is 6.07 Å². The topological polar surface area (TPSA) is 96.5 Å². The number of fused-ring (bicyclic) bond motifs is 3. The summed E-state index contributed by atoms with van der Waals surface area (Å²) in [6.07, 6.45) is 2.21. The van der Waals surface area contributed by atoms with Gasteiger partial charge in [-0.15, -0.1) is 0 Å². The van der Waals surface area contributed by atoms with E-state index in [0.717, 1.165) is 4.90 Å². The molecule has 1 N–H and O–H groups in total. The first-order valence-corrected chi connectivity index (χ1v) is 6.09. The lowest BCUT2D eigenvalue weighted by molar-refractivity contribution is -0.138. The molecule has 1 aliphatic rings. The molecule has 0 spiro atoms. The molecule has 0 saturated heterocycles. The van der Waals surface area contributed by atoms with Crippen molar-refractivity contribution in [3.8, 4) is 11.1 Å². The van der Waals surface area contributed by atoms with Crippen LogP contribution in [0, 0.1) is 5.95 Å². The maximum absolute atomic E-state index is 13.9. The molecule has 0 saturated carbocycles. The zero-order valence-corrected chi connectivity index (χ0v) is 10.9. The number of pyridine rings is 1. The van der Waals surface area contributed by atoms with E-state index in [4.69, 9.17) is 9.63 Å². The number of carboxylic acid groups (broad SMARTS) is 1. The van der Waals surface area contributed by atoms with Crippen molar-refractivity contribution in [2.45, 2.75) is 12.5 Å². The molecule has 1 aliphatic heterocycles. The highest BCUT2D eigenvalue weighted by molar-refractivity contribution is 6.02. The highest BCUT2D eigenvalue weighted by atomic mass is 19.1. The predicted octanol–water partition coefficient (Wildman–Crippen LogP) is 1.48. The minimum absolute atomic E-state index is 0.211. The first kappa shape index (κ1) is 13.2. The summed E-state index contributed by atoms with van der Waals surface area (Å²) < 4.78 is 19.1. The zero-order valence-electron chi connectivity index (χ0n) is 10.9. The van der Waals surface area contributed by atoms with Crippen LogP contribution in [0.3, 0.4) is 0 Å². The van der Waals surface area contributed by atoms with Crippen molar-refractivity contribution in [2.24, 2.45) is 0 Å². The zero-order chi connectivity index (χ0) is 15.1. The third kappa shape index (κ3) is 1.95. The second-order valence-corrected chi connectivity index (χ2v) is 4.66. The van der Waals surface area contributed by atoms with Gasteiger partial charge in [0, 0.05) is 24.4 Å². The number of aromatic nitrogens is 2. The monoisotopic (exact) mass is 291 g/mol. The van der Waals surface area contributed by atoms with E-state index in [1.807, 2.05) is 0 Å². The van der Waals surface area contributed by atoms with Crippen LogP contribution >= 0.6 is 0 Å². The highest BCUT2D eigenvalue weighted by Crippen LogP contribution is 2.39. The smallest absolute Gasteiger partial charge is 0.305 e. The Morgan fingerprint density at radius 3 is 3.00 bits per heavy atom. The first-order valence-electron chi connectivity index (χ1n) is 6.09. The molecule has 2 aromatic heterocycles. The van der Waals surface area contributed by atoms with Gasteiger partial charge in [0.1, 0.15) is 11.6 Å². The summed E-state index contributed by atoms with van der Waals surface area (Å²) in [5.74, 6) is -2.44. The summed E-state index contributed by atoms with van der Waals surface area (Å²) in [5.41, 5.74) is 0.482. The molecule has 21 heavy (non-hydrogen) atoms. The van der Waals surface area contributed by atoms with Gasteiger partial charge in [-0.1, -0.05) is 5.16 Å². The highest BCUT2D eigenvalue weighted by Gasteiger charge is 2.37. The van der Waals surface area contributed by atoms with Gasteiger partial charge in [-0.3, -0.25) is 9.59 Å². The normalized spacial score (nSPS) is 17.1. The second kappa shape index (κ2) is 4.65. The Kier molecular flexibility index (Phi) is 2.93. The van der Waals surface area contributed by atoms with Gasteiger partial charge in [-0.2, -0.15) is 4.39 Å². The van der Waals surface area contributed by atoms with Crippen molar-refractivity contribution >= 4 is 11.9 Å². The number of hydrogen-bond donors (Lipinski definition) is 1. The van der Waals surface area contributed by atoms with Crippen LogP contribution in [0.4, 0.5) is 4.39 Å². The number of rotatable bonds is 2. The van der Waals surface area contributed by atoms with Crippen LogP contribution < -0.4 is 0 Å². The SMILES string of the molecule is CN1C(=O)c2c(ccnc2F)-c2cnoc2[C@@H]1CC(=O)O. The van der Waals surface area contributed by atoms with Gasteiger partial charge in [-0.25, -0.2) is 4.98 Å². The Morgan fingerprint density at radius 2 is 2.29 bits per heavy atom. The van der Waals surface area contributed by atoms with Crippen LogP contribution in [0.15, 0.2) is 23.0 Å². The second-order valence-electron chi connectivity index (χ2n) is 4.66. The van der Waals surface area contributed by atoms with Crippen LogP contribution in [0.1, 0.15) is 28.6 Å². The Balaban J connectivity index is 2.26. The molecule has 0 bridgehead atoms. The van der Waals surface area contributed by atoms with Gasteiger partial charge in [0.2, 0.25) is 5.95 Å². The predicted molar refractivity (Wildman–Crippen MR) is 66.8 cm³/mol. The lowest BCUT2D eigenvalue weighted by atomic mass is 10.0. The summed E-state index contributed by atoms with van der Waals surface area (Å²) >= 11 is 0. The average molecular weight is 291 g/mol. The maximum Gasteiger partial charge on any atom is 0.305 e. The lowest BCUT2D eigenvalue weighted by Crippen LogP contribution is -2.32. The van der Waals surface area contributed by atoms with Crippen LogP contribution in [0.5, 0.6) is 0 Å². The number of carbonyl (C=O) groups excluding carboxylic acids is 1. The third-order valence-corrected chi connectivity index (χ3v) is 3.47. The number of amides is 1. The summed E-state index contributed by atoms with van der Waals surface area (Å²) in [7, 11) is 1.39. The Labute approximate surface area is 118 Å². The minimum atomic E-state index is -1.11. The van der Waals surface area contributed by atoms with Crippen LogP contribution in [0.25, 0.3) is 11.1 Å². The van der Waals surface area contributed by atoms with Gasteiger partial charge >= 0.3 is 5.97 Å². The van der Waals surface area contributed by atoms with E-state index >= 15 is 0 Å². The fourth-order valence-electron chi connectivity index (χ4n) is 2.44. The number of aliphatic carboxylic acids is 1. The van der Waals surface area contributed by atoms with Gasteiger partial charge in [0.05, 0.1) is 12.6 Å². The fraction of sp³-hybridized carbons (Fsp3) is 0.231. The van der Waals surface area contributed by atoms with E-state index in [1.165, 1.54) is 25.5 Å². The molecule has 0 fully saturated rings. The molecular weight excluding hydrogens is 281 g/mol. The molecule has 2 aromatic rings. The van der Waals surface area contributed by atoms with Gasteiger partial charge < -0.3 is 14.5 Å². The Morgan fingerprint density at radius 1 is 1.52 bits per heavy atom. The summed E-state index contributed by atoms with van der Waals surface area (Å²) in [6.45, 7) is 0. The molecule has 1 atom stereocenters. The van der Waals surface area contributed by atoms with E-state index in [1.54, 1.807) is 0 Å². The van der Waals surface area contributed by atoms with Gasteiger partial charge in [0.25, 0.3) is 5.91 Å². The summed E-state index contributed by atoms with van der Waals surface area (Å²) in [6, 6.07) is 0.614. The Hall–Kier alpha value is -2.77. The van der Waals surface area contributed by atoms with Crippen molar-refractivity contribution in [3.63, 3.8) is 0 Å². The Bertz CT molecular complexity index is 743. The van der Waals surface area contributed by atoms with Crippen molar-refractivity contribution in [3.05, 3.63) is 35.7 Å². The van der Waals surface area contributed by atoms with E-state index < -0.39 is 23.9 Å². The molecule has 1 amide bonds. The number of nitrogens with zero attached hydrogens (tertiary/aromatic N) is 3. The molecule has 7 nitrogen and oxygen atoms in total. The maximum atomic E-state index is 13.9. The molecule has 0 radical (unpaired) electrons. The van der Waals surface area contributed by atoms with E-state index in [9.17, 15) is 14.0 Å². The first-order chi connectivity index (χ1) is 10.0. The van der Waals surface area contributed by atoms with E-state index in [0.29, 0.717) is 11.1 Å². The minimum Gasteiger partial charge on any atom is -0.481 e. The quantitative estimate of drug-likeness (QED) is 0.842. The van der Waals surface area contributed by atoms with Crippen LogP contribution in [0.2, 0.25) is 0 Å². The molecular formula is C13H10FN3O4. The molecule has 0 unspecified atom stereocenters. The lowest BCUT2D eigenvalue weighted by Gasteiger charge is -2.23. The van der Waals surface area contributed by atoms with Crippen molar-refractivity contribution < 1.29 is 23.6 Å². The summed E-state index contributed by atoms with van der Waals surface area (Å²) in [5, 5.41) is 12.7. The van der Waals surface area contributed by atoms with E-state index in [2.05, 4.69) is 10.1 Å². The largest absolute Gasteiger partial charge is 0.481 e. The van der Waals surface area contributed by atoms with E-state index in [-0.39, 0.29) is 17.7 Å². The van der Waals surface area contributed by atoms with Crippen molar-refractivity contribution in [2.75, 3.05) is 7.05 Å².